The molecule has 2 atom stereocenters. The number of alkyl halides is 3. The van der Waals surface area contributed by atoms with Crippen LogP contribution in [0.2, 0.25) is 0 Å². The van der Waals surface area contributed by atoms with Gasteiger partial charge in [0.2, 0.25) is 5.91 Å². The Balaban J connectivity index is 1.58. The fourth-order valence-electron chi connectivity index (χ4n) is 3.70. The van der Waals surface area contributed by atoms with Crippen LogP contribution >= 0.6 is 11.6 Å². The van der Waals surface area contributed by atoms with Crippen LogP contribution in [0.1, 0.15) is 6.42 Å². The van der Waals surface area contributed by atoms with Gasteiger partial charge in [0.05, 0.1) is 16.8 Å². The van der Waals surface area contributed by atoms with Gasteiger partial charge < -0.3 is 15.5 Å². The van der Waals surface area contributed by atoms with E-state index in [0.717, 1.165) is 0 Å². The number of amides is 3. The monoisotopic (exact) mass is 442 g/mol. The summed E-state index contributed by atoms with van der Waals surface area (Å²) in [5.41, 5.74) is 0.616. The van der Waals surface area contributed by atoms with Crippen LogP contribution in [0.15, 0.2) is 47.0 Å². The van der Waals surface area contributed by atoms with Crippen LogP contribution in [-0.2, 0) is 4.79 Å². The Morgan fingerprint density at radius 2 is 2.13 bits per heavy atom. The minimum absolute atomic E-state index is 0.0452. The second-order valence-corrected chi connectivity index (χ2v) is 7.51. The van der Waals surface area contributed by atoms with Gasteiger partial charge in [0.15, 0.2) is 0 Å². The van der Waals surface area contributed by atoms with E-state index in [0.29, 0.717) is 36.8 Å². The molecule has 0 saturated carbocycles. The lowest BCUT2D eigenvalue weighted by Crippen LogP contribution is -2.57. The maximum Gasteiger partial charge on any atom is 0.405 e. The number of hydrogen-bond acceptors (Lipinski definition) is 5. The van der Waals surface area contributed by atoms with Gasteiger partial charge in [-0.05, 0) is 24.6 Å². The van der Waals surface area contributed by atoms with Crippen molar-refractivity contribution in [3.8, 4) is 0 Å². The molecule has 1 fully saturated rings. The first-order valence-corrected chi connectivity index (χ1v) is 9.59. The Kier molecular flexibility index (Phi) is 5.22. The summed E-state index contributed by atoms with van der Waals surface area (Å²) in [6, 6.07) is 3.22. The number of urea groups is 1. The molecular weight excluding hydrogens is 425 g/mol. The van der Waals surface area contributed by atoms with Crippen molar-refractivity contribution < 1.29 is 22.8 Å². The zero-order valence-electron chi connectivity index (χ0n) is 15.5. The zero-order chi connectivity index (χ0) is 21.5. The Hall–Kier alpha value is -2.95. The van der Waals surface area contributed by atoms with E-state index < -0.39 is 30.7 Å². The van der Waals surface area contributed by atoms with Gasteiger partial charge in [-0.15, -0.1) is 0 Å². The molecule has 2 bridgehead atoms. The van der Waals surface area contributed by atoms with Crippen LogP contribution < -0.4 is 16.0 Å². The standard InChI is InChI=1S/C18H18ClF3N6O2/c19-11-7-12-15(26-14(11)16(29)24-9-18(20,21)22)28(10-4-6-27(12)8-10)17(30)25-13-3-1-2-5-23-13/h1-3,5,7,10,14,26H,4,6,8-9H2,(H,24,29)(H,23,25,30)/t10-,14?/m0/s1. The first kappa shape index (κ1) is 20.3. The summed E-state index contributed by atoms with van der Waals surface area (Å²) in [6.07, 6.45) is -0.792. The number of rotatable bonds is 3. The average Bonchev–Trinajstić information content (AvgIpc) is 3.11. The number of pyridine rings is 1. The third kappa shape index (κ3) is 4.02. The molecule has 30 heavy (non-hydrogen) atoms. The molecule has 12 heteroatoms. The van der Waals surface area contributed by atoms with Crippen molar-refractivity contribution in [2.24, 2.45) is 0 Å². The topological polar surface area (TPSA) is 89.6 Å². The highest BCUT2D eigenvalue weighted by Gasteiger charge is 2.44. The molecule has 3 aliphatic heterocycles. The first-order chi connectivity index (χ1) is 14.2. The van der Waals surface area contributed by atoms with E-state index in [4.69, 9.17) is 11.6 Å². The molecule has 3 aliphatic rings. The van der Waals surface area contributed by atoms with Crippen LogP contribution in [0.3, 0.4) is 0 Å². The van der Waals surface area contributed by atoms with Crippen LogP contribution in [0.4, 0.5) is 23.8 Å². The number of carbonyl (C=O) groups excluding carboxylic acids is 2. The Morgan fingerprint density at radius 1 is 1.33 bits per heavy atom. The van der Waals surface area contributed by atoms with Gasteiger partial charge in [0, 0.05) is 19.3 Å². The highest BCUT2D eigenvalue weighted by atomic mass is 35.5. The van der Waals surface area contributed by atoms with Crippen molar-refractivity contribution >= 4 is 29.4 Å². The summed E-state index contributed by atoms with van der Waals surface area (Å²) < 4.78 is 37.4. The zero-order valence-corrected chi connectivity index (χ0v) is 16.3. The van der Waals surface area contributed by atoms with Gasteiger partial charge >= 0.3 is 12.2 Å². The van der Waals surface area contributed by atoms with E-state index in [2.05, 4.69) is 15.6 Å². The quantitative estimate of drug-likeness (QED) is 0.666. The van der Waals surface area contributed by atoms with Crippen molar-refractivity contribution in [1.82, 2.24) is 25.4 Å². The number of halogens is 4. The summed E-state index contributed by atoms with van der Waals surface area (Å²) in [6.45, 7) is -0.204. The smallest absolute Gasteiger partial charge is 0.366 e. The lowest BCUT2D eigenvalue weighted by molar-refractivity contribution is -0.139. The number of dihydropyridines is 1. The fourth-order valence-corrected chi connectivity index (χ4v) is 3.96. The summed E-state index contributed by atoms with van der Waals surface area (Å²) in [5, 5.41) is 7.44. The van der Waals surface area contributed by atoms with E-state index in [1.165, 1.54) is 17.2 Å². The summed E-state index contributed by atoms with van der Waals surface area (Å²) in [5.74, 6) is -0.249. The Bertz CT molecular complexity index is 920. The molecule has 3 amide bonds. The van der Waals surface area contributed by atoms with Crippen molar-refractivity contribution in [3.05, 3.63) is 47.0 Å². The van der Waals surface area contributed by atoms with Crippen LogP contribution in [0.25, 0.3) is 0 Å². The third-order valence-electron chi connectivity index (χ3n) is 5.03. The number of nitrogens with one attached hydrogen (secondary N) is 3. The minimum atomic E-state index is -4.55. The number of anilines is 1. The van der Waals surface area contributed by atoms with Crippen molar-refractivity contribution in [2.45, 2.75) is 24.7 Å². The molecule has 4 rings (SSSR count). The van der Waals surface area contributed by atoms with Crippen LogP contribution in [0, 0.1) is 0 Å². The second-order valence-electron chi connectivity index (χ2n) is 7.08. The molecule has 1 unspecified atom stereocenters. The first-order valence-electron chi connectivity index (χ1n) is 9.21. The molecule has 160 valence electrons. The van der Waals surface area contributed by atoms with E-state index in [1.54, 1.807) is 18.2 Å². The molecular formula is C18H18ClF3N6O2. The van der Waals surface area contributed by atoms with E-state index in [-0.39, 0.29) is 11.1 Å². The Morgan fingerprint density at radius 3 is 2.83 bits per heavy atom. The van der Waals surface area contributed by atoms with E-state index in [1.807, 2.05) is 10.2 Å². The summed E-state index contributed by atoms with van der Waals surface area (Å²) in [4.78, 5) is 32.9. The van der Waals surface area contributed by atoms with Gasteiger partial charge in [-0.3, -0.25) is 15.0 Å². The number of hydrogen-bond donors (Lipinski definition) is 3. The van der Waals surface area contributed by atoms with Crippen molar-refractivity contribution in [2.75, 3.05) is 25.0 Å². The second kappa shape index (κ2) is 7.71. The van der Waals surface area contributed by atoms with Crippen LogP contribution in [-0.4, -0.2) is 64.6 Å². The lowest BCUT2D eigenvalue weighted by Gasteiger charge is -2.41. The predicted octanol–water partition coefficient (Wildman–Crippen LogP) is 1.95. The lowest BCUT2D eigenvalue weighted by atomic mass is 10.1. The molecule has 0 radical (unpaired) electrons. The molecule has 3 N–H and O–H groups in total. The van der Waals surface area contributed by atoms with Gasteiger partial charge in [-0.25, -0.2) is 9.78 Å². The predicted molar refractivity (Wildman–Crippen MR) is 102 cm³/mol. The number of allylic oxidation sites excluding steroid dienone is 1. The third-order valence-corrected chi connectivity index (χ3v) is 5.36. The number of nitrogens with zero attached hydrogens (tertiary/aromatic N) is 3. The van der Waals surface area contributed by atoms with E-state index in [9.17, 15) is 22.8 Å². The SMILES string of the molecule is O=C(NCC(F)(F)F)C1NC2=C(C=C1Cl)N1CC[C@@H](C1)N2C(=O)Nc1ccccn1. The highest BCUT2D eigenvalue weighted by Crippen LogP contribution is 2.35. The summed E-state index contributed by atoms with van der Waals surface area (Å²) in [7, 11) is 0. The molecule has 0 spiro atoms. The van der Waals surface area contributed by atoms with Crippen molar-refractivity contribution in [1.29, 1.82) is 0 Å². The molecule has 8 nitrogen and oxygen atoms in total. The average molecular weight is 443 g/mol. The maximum absolute atomic E-state index is 13.0. The van der Waals surface area contributed by atoms with Gasteiger partial charge in [0.25, 0.3) is 0 Å². The van der Waals surface area contributed by atoms with Crippen molar-refractivity contribution in [3.63, 3.8) is 0 Å². The van der Waals surface area contributed by atoms with E-state index >= 15 is 0 Å². The summed E-state index contributed by atoms with van der Waals surface area (Å²) >= 11 is 6.21. The number of fused-ring (bicyclic) bond motifs is 3. The molecule has 0 aromatic carbocycles. The number of carbonyl (C=O) groups is 2. The molecule has 1 aromatic heterocycles. The Labute approximate surface area is 174 Å². The number of aromatic nitrogens is 1. The molecule has 1 saturated heterocycles. The largest absolute Gasteiger partial charge is 0.405 e. The van der Waals surface area contributed by atoms with Gasteiger partial charge in [-0.1, -0.05) is 17.7 Å². The molecule has 0 aliphatic carbocycles. The van der Waals surface area contributed by atoms with Gasteiger partial charge in [0.1, 0.15) is 24.2 Å². The maximum atomic E-state index is 13.0. The van der Waals surface area contributed by atoms with Crippen LogP contribution in [0.5, 0.6) is 0 Å². The highest BCUT2D eigenvalue weighted by molar-refractivity contribution is 6.32. The van der Waals surface area contributed by atoms with Gasteiger partial charge in [-0.2, -0.15) is 13.2 Å². The molecule has 4 heterocycles. The minimum Gasteiger partial charge on any atom is -0.366 e. The normalized spacial score (nSPS) is 22.9. The molecule has 1 aromatic rings. The fraction of sp³-hybridized carbons (Fsp3) is 0.389.